The van der Waals surface area contributed by atoms with Gasteiger partial charge in [0.15, 0.2) is 5.11 Å². The number of nitrogens with one attached hydrogen (secondary N) is 2. The molecule has 3 nitrogen and oxygen atoms in total. The maximum absolute atomic E-state index is 5.30. The van der Waals surface area contributed by atoms with Gasteiger partial charge in [-0.05, 0) is 54.9 Å². The van der Waals surface area contributed by atoms with Crippen molar-refractivity contribution < 1.29 is 0 Å². The van der Waals surface area contributed by atoms with E-state index in [1.807, 2.05) is 18.3 Å². The van der Waals surface area contributed by atoms with Crippen molar-refractivity contribution in [1.29, 1.82) is 0 Å². The Balaban J connectivity index is 1.93. The molecule has 0 bridgehead atoms. The highest BCUT2D eigenvalue weighted by Crippen LogP contribution is 2.16. The van der Waals surface area contributed by atoms with Crippen LogP contribution in [0.2, 0.25) is 0 Å². The molecule has 4 heteroatoms. The molecule has 0 fully saturated rings. The van der Waals surface area contributed by atoms with Gasteiger partial charge in [0.2, 0.25) is 0 Å². The second kappa shape index (κ2) is 6.29. The fourth-order valence-corrected chi connectivity index (χ4v) is 1.90. The fraction of sp³-hybridized carbons (Fsp3) is 0.200. The lowest BCUT2D eigenvalue weighted by molar-refractivity contribution is 0.916. The summed E-state index contributed by atoms with van der Waals surface area (Å²) in [5, 5.41) is 7.02. The highest BCUT2D eigenvalue weighted by molar-refractivity contribution is 7.80. The summed E-state index contributed by atoms with van der Waals surface area (Å²) in [7, 11) is 0. The lowest BCUT2D eigenvalue weighted by Gasteiger charge is -2.13. The van der Waals surface area contributed by atoms with Crippen molar-refractivity contribution in [2.45, 2.75) is 20.4 Å². The molecule has 2 N–H and O–H groups in total. The number of hydrogen-bond acceptors (Lipinski definition) is 2. The Morgan fingerprint density at radius 1 is 1.26 bits per heavy atom. The summed E-state index contributed by atoms with van der Waals surface area (Å²) in [6, 6.07) is 10.2. The normalized spacial score (nSPS) is 10.0. The van der Waals surface area contributed by atoms with Crippen molar-refractivity contribution >= 4 is 23.0 Å². The van der Waals surface area contributed by atoms with Crippen molar-refractivity contribution in [2.24, 2.45) is 0 Å². The molecule has 0 unspecified atom stereocenters. The molecular formula is C15H17N3S. The van der Waals surface area contributed by atoms with E-state index >= 15 is 0 Å². The van der Waals surface area contributed by atoms with Crippen molar-refractivity contribution in [3.8, 4) is 0 Å². The zero-order valence-electron chi connectivity index (χ0n) is 11.1. The van der Waals surface area contributed by atoms with E-state index in [2.05, 4.69) is 47.7 Å². The van der Waals surface area contributed by atoms with Crippen molar-refractivity contribution in [3.05, 3.63) is 59.4 Å². The zero-order chi connectivity index (χ0) is 13.7. The first kappa shape index (κ1) is 13.5. The molecule has 0 atom stereocenters. The molecular weight excluding hydrogens is 254 g/mol. The maximum atomic E-state index is 5.30. The molecule has 1 heterocycles. The number of benzene rings is 1. The standard InChI is InChI=1S/C15H17N3S/c1-11-5-6-12(2)14(8-11)18-15(19)17-10-13-4-3-7-16-9-13/h3-9H,10H2,1-2H3,(H2,17,18,19). The van der Waals surface area contributed by atoms with Crippen LogP contribution in [-0.2, 0) is 6.54 Å². The third-order valence-electron chi connectivity index (χ3n) is 2.82. The van der Waals surface area contributed by atoms with E-state index in [0.717, 1.165) is 11.3 Å². The number of nitrogens with zero attached hydrogens (tertiary/aromatic N) is 1. The Bertz CT molecular complexity index is 567. The second-order valence-corrected chi connectivity index (χ2v) is 4.90. The number of rotatable bonds is 3. The van der Waals surface area contributed by atoms with Gasteiger partial charge < -0.3 is 10.6 Å². The molecule has 0 spiro atoms. The largest absolute Gasteiger partial charge is 0.358 e. The Kier molecular flexibility index (Phi) is 4.47. The Labute approximate surface area is 119 Å². The Morgan fingerprint density at radius 2 is 2.11 bits per heavy atom. The molecule has 1 aromatic heterocycles. The minimum Gasteiger partial charge on any atom is -0.358 e. The Hall–Kier alpha value is -1.94. The first-order valence-electron chi connectivity index (χ1n) is 6.16. The van der Waals surface area contributed by atoms with Crippen LogP contribution in [-0.4, -0.2) is 10.1 Å². The van der Waals surface area contributed by atoms with Gasteiger partial charge >= 0.3 is 0 Å². The van der Waals surface area contributed by atoms with E-state index < -0.39 is 0 Å². The van der Waals surface area contributed by atoms with Crippen LogP contribution in [0.1, 0.15) is 16.7 Å². The summed E-state index contributed by atoms with van der Waals surface area (Å²) in [5.41, 5.74) is 4.54. The number of pyridine rings is 1. The minimum atomic E-state index is 0.623. The van der Waals surface area contributed by atoms with Gasteiger partial charge in [-0.25, -0.2) is 0 Å². The summed E-state index contributed by atoms with van der Waals surface area (Å²) < 4.78 is 0. The van der Waals surface area contributed by atoms with Gasteiger partial charge in [-0.15, -0.1) is 0 Å². The molecule has 2 rings (SSSR count). The SMILES string of the molecule is Cc1ccc(C)c(NC(=S)NCc2cccnc2)c1. The van der Waals surface area contributed by atoms with E-state index in [1.54, 1.807) is 6.20 Å². The van der Waals surface area contributed by atoms with Crippen LogP contribution in [0.15, 0.2) is 42.7 Å². The lowest BCUT2D eigenvalue weighted by Crippen LogP contribution is -2.28. The lowest BCUT2D eigenvalue weighted by atomic mass is 10.1. The third-order valence-corrected chi connectivity index (χ3v) is 3.06. The van der Waals surface area contributed by atoms with Crippen LogP contribution >= 0.6 is 12.2 Å². The highest BCUT2D eigenvalue weighted by Gasteiger charge is 2.01. The van der Waals surface area contributed by atoms with Crippen LogP contribution in [0.5, 0.6) is 0 Å². The molecule has 0 aliphatic carbocycles. The molecule has 0 radical (unpaired) electrons. The summed E-state index contributed by atoms with van der Waals surface area (Å²) >= 11 is 5.30. The van der Waals surface area contributed by atoms with Crippen LogP contribution in [0.4, 0.5) is 5.69 Å². The first-order valence-corrected chi connectivity index (χ1v) is 6.57. The van der Waals surface area contributed by atoms with Gasteiger partial charge in [-0.2, -0.15) is 0 Å². The summed E-state index contributed by atoms with van der Waals surface area (Å²) in [4.78, 5) is 4.07. The zero-order valence-corrected chi connectivity index (χ0v) is 11.9. The van der Waals surface area contributed by atoms with Gasteiger partial charge in [-0.1, -0.05) is 18.2 Å². The van der Waals surface area contributed by atoms with Crippen molar-refractivity contribution in [3.63, 3.8) is 0 Å². The van der Waals surface area contributed by atoms with Crippen LogP contribution in [0.3, 0.4) is 0 Å². The van der Waals surface area contributed by atoms with Gasteiger partial charge in [-0.3, -0.25) is 4.98 Å². The van der Waals surface area contributed by atoms with Gasteiger partial charge in [0, 0.05) is 24.6 Å². The number of anilines is 1. The molecule has 1 aromatic carbocycles. The fourth-order valence-electron chi connectivity index (χ4n) is 1.72. The average molecular weight is 271 g/mol. The molecule has 0 aliphatic heterocycles. The number of thiocarbonyl (C=S) groups is 1. The van der Waals surface area contributed by atoms with E-state index in [4.69, 9.17) is 12.2 Å². The number of aromatic nitrogens is 1. The second-order valence-electron chi connectivity index (χ2n) is 4.49. The predicted molar refractivity (Wildman–Crippen MR) is 83.2 cm³/mol. The molecule has 0 aliphatic rings. The smallest absolute Gasteiger partial charge is 0.171 e. The van der Waals surface area contributed by atoms with Crippen LogP contribution in [0, 0.1) is 13.8 Å². The molecule has 2 aromatic rings. The van der Waals surface area contributed by atoms with Crippen molar-refractivity contribution in [1.82, 2.24) is 10.3 Å². The highest BCUT2D eigenvalue weighted by atomic mass is 32.1. The number of hydrogen-bond donors (Lipinski definition) is 2. The van der Waals surface area contributed by atoms with Crippen molar-refractivity contribution in [2.75, 3.05) is 5.32 Å². The summed E-state index contributed by atoms with van der Waals surface area (Å²) in [6.07, 6.45) is 3.59. The van der Waals surface area contributed by atoms with E-state index in [9.17, 15) is 0 Å². The third kappa shape index (κ3) is 4.03. The van der Waals surface area contributed by atoms with Crippen LogP contribution in [0.25, 0.3) is 0 Å². The summed E-state index contributed by atoms with van der Waals surface area (Å²) in [6.45, 7) is 4.80. The minimum absolute atomic E-state index is 0.623. The van der Waals surface area contributed by atoms with Gasteiger partial charge in [0.05, 0.1) is 0 Å². The molecule has 0 saturated heterocycles. The molecule has 0 saturated carbocycles. The van der Waals surface area contributed by atoms with Gasteiger partial charge in [0.25, 0.3) is 0 Å². The van der Waals surface area contributed by atoms with Crippen LogP contribution < -0.4 is 10.6 Å². The molecule has 0 amide bonds. The maximum Gasteiger partial charge on any atom is 0.171 e. The van der Waals surface area contributed by atoms with E-state index in [1.165, 1.54) is 11.1 Å². The topological polar surface area (TPSA) is 37.0 Å². The average Bonchev–Trinajstić information content (AvgIpc) is 2.42. The van der Waals surface area contributed by atoms with E-state index in [0.29, 0.717) is 11.7 Å². The monoisotopic (exact) mass is 271 g/mol. The first-order chi connectivity index (χ1) is 9.15. The Morgan fingerprint density at radius 3 is 2.84 bits per heavy atom. The predicted octanol–water partition coefficient (Wildman–Crippen LogP) is 3.19. The quantitative estimate of drug-likeness (QED) is 0.841. The molecule has 19 heavy (non-hydrogen) atoms. The molecule has 98 valence electrons. The van der Waals surface area contributed by atoms with Gasteiger partial charge in [0.1, 0.15) is 0 Å². The van der Waals surface area contributed by atoms with E-state index in [-0.39, 0.29) is 0 Å². The summed E-state index contributed by atoms with van der Waals surface area (Å²) in [5.74, 6) is 0. The number of aryl methyl sites for hydroxylation is 2.